The number of hydrogen-bond donors (Lipinski definition) is 2. The first-order valence-electron chi connectivity index (χ1n) is 4.44. The van der Waals surface area contributed by atoms with Crippen molar-refractivity contribution in [3.63, 3.8) is 0 Å². The van der Waals surface area contributed by atoms with Gasteiger partial charge in [-0.25, -0.2) is 0 Å². The lowest BCUT2D eigenvalue weighted by molar-refractivity contribution is 0.256. The average molecular weight is 172 g/mol. The molecule has 0 saturated heterocycles. The quantitative estimate of drug-likeness (QED) is 0.347. The average Bonchev–Trinajstić information content (AvgIpc) is 2.02. The summed E-state index contributed by atoms with van der Waals surface area (Å²) < 4.78 is 4.38. The zero-order valence-corrected chi connectivity index (χ0v) is 7.57. The largest absolute Gasteiger partial charge is 0.707 e. The molecule has 3 nitrogen and oxygen atoms in total. The summed E-state index contributed by atoms with van der Waals surface area (Å²) in [6, 6.07) is 0. The van der Waals surface area contributed by atoms with Crippen molar-refractivity contribution in [1.82, 2.24) is 0 Å². The van der Waals surface area contributed by atoms with Gasteiger partial charge in [0.05, 0.1) is 6.26 Å². The molecule has 0 fully saturated rings. The Labute approximate surface area is 74.2 Å². The van der Waals surface area contributed by atoms with E-state index in [4.69, 9.17) is 10.0 Å². The molecule has 0 aromatic carbocycles. The summed E-state index contributed by atoms with van der Waals surface area (Å²) in [5.74, 6) is 0. The highest BCUT2D eigenvalue weighted by Crippen LogP contribution is 2.02. The zero-order valence-electron chi connectivity index (χ0n) is 7.57. The molecule has 0 aliphatic rings. The highest BCUT2D eigenvalue weighted by atomic mass is 16.6. The molecule has 0 rings (SSSR count). The molecule has 0 aromatic rings. The first-order chi connectivity index (χ1) is 5.77. The lowest BCUT2D eigenvalue weighted by atomic mass is 10.1. The van der Waals surface area contributed by atoms with Crippen molar-refractivity contribution in [2.75, 3.05) is 0 Å². The van der Waals surface area contributed by atoms with Gasteiger partial charge in [-0.2, -0.15) is 0 Å². The molecule has 0 bridgehead atoms. The van der Waals surface area contributed by atoms with E-state index in [-0.39, 0.29) is 0 Å². The van der Waals surface area contributed by atoms with Crippen LogP contribution in [0.25, 0.3) is 0 Å². The van der Waals surface area contributed by atoms with Crippen LogP contribution >= 0.6 is 0 Å². The van der Waals surface area contributed by atoms with Crippen LogP contribution < -0.4 is 0 Å². The van der Waals surface area contributed by atoms with E-state index in [1.165, 1.54) is 25.5 Å². The standard InChI is InChI=1S/C8H17BO3/c1-2-3-4-5-6-7-8-12-9(10)11/h7-8,10-11H,2-6H2,1H3. The second-order valence-electron chi connectivity index (χ2n) is 2.68. The van der Waals surface area contributed by atoms with Gasteiger partial charge in [0.15, 0.2) is 0 Å². The Kier molecular flexibility index (Phi) is 8.28. The summed E-state index contributed by atoms with van der Waals surface area (Å²) >= 11 is 0. The highest BCUT2D eigenvalue weighted by molar-refractivity contribution is 6.32. The van der Waals surface area contributed by atoms with Crippen LogP contribution in [-0.2, 0) is 4.65 Å². The van der Waals surface area contributed by atoms with Gasteiger partial charge in [-0.15, -0.1) is 0 Å². The van der Waals surface area contributed by atoms with Crippen molar-refractivity contribution in [3.8, 4) is 0 Å². The molecule has 0 amide bonds. The monoisotopic (exact) mass is 172 g/mol. The fourth-order valence-corrected chi connectivity index (χ4v) is 0.883. The molecule has 0 atom stereocenters. The van der Waals surface area contributed by atoms with Crippen molar-refractivity contribution in [1.29, 1.82) is 0 Å². The van der Waals surface area contributed by atoms with Crippen LogP contribution in [0, 0.1) is 0 Å². The van der Waals surface area contributed by atoms with Crippen molar-refractivity contribution >= 4 is 7.32 Å². The Morgan fingerprint density at radius 1 is 1.25 bits per heavy atom. The van der Waals surface area contributed by atoms with Gasteiger partial charge in [0.1, 0.15) is 0 Å². The predicted octanol–water partition coefficient (Wildman–Crippen LogP) is 1.46. The topological polar surface area (TPSA) is 49.7 Å². The van der Waals surface area contributed by atoms with E-state index in [1.54, 1.807) is 6.08 Å². The second kappa shape index (κ2) is 8.62. The van der Waals surface area contributed by atoms with E-state index in [9.17, 15) is 0 Å². The van der Waals surface area contributed by atoms with Crippen LogP contribution in [0.15, 0.2) is 12.3 Å². The van der Waals surface area contributed by atoms with Crippen molar-refractivity contribution in [3.05, 3.63) is 12.3 Å². The smallest absolute Gasteiger partial charge is 0.519 e. The normalized spacial score (nSPS) is 10.6. The Bertz CT molecular complexity index is 115. The Morgan fingerprint density at radius 3 is 2.58 bits per heavy atom. The van der Waals surface area contributed by atoms with E-state index >= 15 is 0 Å². The molecule has 0 spiro atoms. The highest BCUT2D eigenvalue weighted by Gasteiger charge is 2.05. The molecule has 70 valence electrons. The van der Waals surface area contributed by atoms with Crippen LogP contribution in [0.3, 0.4) is 0 Å². The lowest BCUT2D eigenvalue weighted by Crippen LogP contribution is -2.12. The molecular formula is C8H17BO3. The molecule has 0 radical (unpaired) electrons. The minimum atomic E-state index is -1.68. The molecule has 0 heterocycles. The number of allylic oxidation sites excluding steroid dienone is 1. The summed E-state index contributed by atoms with van der Waals surface area (Å²) in [5, 5.41) is 16.6. The van der Waals surface area contributed by atoms with Gasteiger partial charge in [-0.1, -0.05) is 32.3 Å². The van der Waals surface area contributed by atoms with Crippen LogP contribution in [0.1, 0.15) is 39.0 Å². The molecule has 0 aliphatic heterocycles. The first kappa shape index (κ1) is 11.5. The molecule has 0 unspecified atom stereocenters. The van der Waals surface area contributed by atoms with Crippen molar-refractivity contribution < 1.29 is 14.7 Å². The summed E-state index contributed by atoms with van der Waals surface area (Å²) in [6.07, 6.45) is 8.92. The minimum Gasteiger partial charge on any atom is -0.519 e. The zero-order chi connectivity index (χ0) is 9.23. The lowest BCUT2D eigenvalue weighted by Gasteiger charge is -1.96. The first-order valence-corrected chi connectivity index (χ1v) is 4.44. The van der Waals surface area contributed by atoms with Crippen LogP contribution in [-0.4, -0.2) is 17.4 Å². The molecule has 12 heavy (non-hydrogen) atoms. The number of unbranched alkanes of at least 4 members (excludes halogenated alkanes) is 4. The molecule has 0 aromatic heterocycles. The maximum atomic E-state index is 8.28. The fourth-order valence-electron chi connectivity index (χ4n) is 0.883. The third-order valence-corrected chi connectivity index (χ3v) is 1.52. The maximum Gasteiger partial charge on any atom is 0.707 e. The molecule has 4 heteroatoms. The van der Waals surface area contributed by atoms with E-state index in [0.29, 0.717) is 0 Å². The van der Waals surface area contributed by atoms with Gasteiger partial charge in [-0.05, 0) is 12.8 Å². The molecule has 0 aliphatic carbocycles. The van der Waals surface area contributed by atoms with E-state index < -0.39 is 7.32 Å². The van der Waals surface area contributed by atoms with Gasteiger partial charge in [-0.3, -0.25) is 0 Å². The fraction of sp³-hybridized carbons (Fsp3) is 0.750. The Hall–Kier alpha value is -0.475. The number of hydrogen-bond acceptors (Lipinski definition) is 3. The van der Waals surface area contributed by atoms with Gasteiger partial charge in [0.25, 0.3) is 0 Å². The van der Waals surface area contributed by atoms with Crippen LogP contribution in [0.5, 0.6) is 0 Å². The molecular weight excluding hydrogens is 155 g/mol. The third kappa shape index (κ3) is 9.52. The van der Waals surface area contributed by atoms with Gasteiger partial charge in [0, 0.05) is 0 Å². The summed E-state index contributed by atoms with van der Waals surface area (Å²) in [5.41, 5.74) is 0. The van der Waals surface area contributed by atoms with Crippen molar-refractivity contribution in [2.45, 2.75) is 39.0 Å². The van der Waals surface area contributed by atoms with Gasteiger partial charge >= 0.3 is 7.32 Å². The summed E-state index contributed by atoms with van der Waals surface area (Å²) in [7, 11) is -1.68. The minimum absolute atomic E-state index is 0.937. The Balaban J connectivity index is 3.03. The van der Waals surface area contributed by atoms with Gasteiger partial charge < -0.3 is 14.7 Å². The van der Waals surface area contributed by atoms with Crippen molar-refractivity contribution in [2.24, 2.45) is 0 Å². The second-order valence-corrected chi connectivity index (χ2v) is 2.68. The Morgan fingerprint density at radius 2 is 2.00 bits per heavy atom. The van der Waals surface area contributed by atoms with Crippen LogP contribution in [0.2, 0.25) is 0 Å². The number of rotatable bonds is 7. The van der Waals surface area contributed by atoms with Gasteiger partial charge in [0.2, 0.25) is 0 Å². The van der Waals surface area contributed by atoms with E-state index in [0.717, 1.165) is 12.8 Å². The van der Waals surface area contributed by atoms with Crippen LogP contribution in [0.4, 0.5) is 0 Å². The van der Waals surface area contributed by atoms with E-state index in [1.807, 2.05) is 0 Å². The predicted molar refractivity (Wildman–Crippen MR) is 49.2 cm³/mol. The third-order valence-electron chi connectivity index (χ3n) is 1.52. The summed E-state index contributed by atoms with van der Waals surface area (Å²) in [6.45, 7) is 2.17. The SMILES string of the molecule is CCCCCCC=COB(O)O. The van der Waals surface area contributed by atoms with E-state index in [2.05, 4.69) is 11.6 Å². The maximum absolute atomic E-state index is 8.28. The summed E-state index contributed by atoms with van der Waals surface area (Å²) in [4.78, 5) is 0. The molecule has 0 saturated carbocycles. The molecule has 2 N–H and O–H groups in total.